The number of fused-ring (bicyclic) bond motifs is 1. The second-order valence-corrected chi connectivity index (χ2v) is 3.06. The molecule has 0 amide bonds. The molecule has 1 N–H and O–H groups in total. The molecule has 1 radical (unpaired) electrons. The minimum Gasteiger partial charge on any atom is -0.406 e. The molecular weight excluding hydrogens is 223 g/mol. The lowest BCUT2D eigenvalue weighted by molar-refractivity contribution is -0.274. The van der Waals surface area contributed by atoms with Crippen molar-refractivity contribution in [2.45, 2.75) is 6.36 Å². The van der Waals surface area contributed by atoms with Crippen molar-refractivity contribution in [3.8, 4) is 5.75 Å². The SMILES string of the molecule is O=[C]c1c[nH]c2cc(OC(F)(F)F)ccc12. The maximum absolute atomic E-state index is 11.9. The summed E-state index contributed by atoms with van der Waals surface area (Å²) < 4.78 is 39.5. The summed E-state index contributed by atoms with van der Waals surface area (Å²) in [6.07, 6.45) is -1.68. The van der Waals surface area contributed by atoms with Gasteiger partial charge in [-0.05, 0) is 12.1 Å². The van der Waals surface area contributed by atoms with Crippen LogP contribution >= 0.6 is 0 Å². The van der Waals surface area contributed by atoms with Gasteiger partial charge < -0.3 is 9.72 Å². The maximum Gasteiger partial charge on any atom is 0.573 e. The van der Waals surface area contributed by atoms with Crippen molar-refractivity contribution in [1.82, 2.24) is 4.98 Å². The summed E-state index contributed by atoms with van der Waals surface area (Å²) in [6.45, 7) is 0. The number of carbonyl (C=O) groups excluding carboxylic acids is 1. The number of nitrogens with one attached hydrogen (secondary N) is 1. The summed E-state index contributed by atoms with van der Waals surface area (Å²) in [5, 5.41) is 0.504. The monoisotopic (exact) mass is 228 g/mol. The van der Waals surface area contributed by atoms with Gasteiger partial charge in [0.1, 0.15) is 5.75 Å². The molecule has 3 nitrogen and oxygen atoms in total. The molecule has 0 bridgehead atoms. The van der Waals surface area contributed by atoms with E-state index >= 15 is 0 Å². The van der Waals surface area contributed by atoms with Crippen LogP contribution in [0.1, 0.15) is 5.56 Å². The molecule has 0 aliphatic rings. The van der Waals surface area contributed by atoms with Crippen LogP contribution in [0.25, 0.3) is 10.9 Å². The number of alkyl halides is 3. The number of ether oxygens (including phenoxy) is 1. The first-order valence-electron chi connectivity index (χ1n) is 4.24. The molecule has 1 heterocycles. The average molecular weight is 228 g/mol. The third-order valence-electron chi connectivity index (χ3n) is 2.00. The summed E-state index contributed by atoms with van der Waals surface area (Å²) in [5.74, 6) is -0.334. The van der Waals surface area contributed by atoms with Gasteiger partial charge in [-0.1, -0.05) is 0 Å². The number of aromatic nitrogens is 1. The molecule has 0 aliphatic heterocycles. The van der Waals surface area contributed by atoms with Crippen molar-refractivity contribution >= 4 is 17.2 Å². The first-order chi connectivity index (χ1) is 7.49. The lowest BCUT2D eigenvalue weighted by atomic mass is 10.2. The van der Waals surface area contributed by atoms with Gasteiger partial charge in [0, 0.05) is 23.2 Å². The standard InChI is InChI=1S/C10H5F3NO2/c11-10(12,13)16-7-1-2-8-6(5-15)4-14-9(8)3-7/h1-4,14H. The summed E-state index contributed by atoms with van der Waals surface area (Å²) in [4.78, 5) is 13.1. The Balaban J connectivity index is 2.41. The van der Waals surface area contributed by atoms with Crippen LogP contribution in [0.3, 0.4) is 0 Å². The van der Waals surface area contributed by atoms with Gasteiger partial charge in [0.25, 0.3) is 0 Å². The Morgan fingerprint density at radius 3 is 2.69 bits per heavy atom. The van der Waals surface area contributed by atoms with E-state index < -0.39 is 6.36 Å². The zero-order valence-electron chi connectivity index (χ0n) is 7.76. The Morgan fingerprint density at radius 1 is 1.31 bits per heavy atom. The maximum atomic E-state index is 11.9. The third-order valence-corrected chi connectivity index (χ3v) is 2.00. The first kappa shape index (κ1) is 10.5. The average Bonchev–Trinajstić information content (AvgIpc) is 2.57. The van der Waals surface area contributed by atoms with E-state index in [0.29, 0.717) is 10.9 Å². The smallest absolute Gasteiger partial charge is 0.406 e. The molecule has 0 atom stereocenters. The highest BCUT2D eigenvalue weighted by atomic mass is 19.4. The predicted molar refractivity (Wildman–Crippen MR) is 49.8 cm³/mol. The van der Waals surface area contributed by atoms with Crippen LogP contribution in [0.4, 0.5) is 13.2 Å². The Bertz CT molecular complexity index is 530. The summed E-state index contributed by atoms with van der Waals surface area (Å²) in [5.41, 5.74) is 0.661. The highest BCUT2D eigenvalue weighted by Gasteiger charge is 2.31. The molecule has 6 heteroatoms. The lowest BCUT2D eigenvalue weighted by Gasteiger charge is -2.08. The zero-order chi connectivity index (χ0) is 11.8. The molecular formula is C10H5F3NO2. The fraction of sp³-hybridized carbons (Fsp3) is 0.100. The largest absolute Gasteiger partial charge is 0.573 e. The van der Waals surface area contributed by atoms with Crippen molar-refractivity contribution in [3.05, 3.63) is 30.0 Å². The molecule has 0 spiro atoms. The molecule has 1 aromatic heterocycles. The van der Waals surface area contributed by atoms with Crippen molar-refractivity contribution in [3.63, 3.8) is 0 Å². The molecule has 83 valence electrons. The molecule has 0 aliphatic carbocycles. The van der Waals surface area contributed by atoms with E-state index in [0.717, 1.165) is 6.07 Å². The second kappa shape index (κ2) is 3.55. The summed E-state index contributed by atoms with van der Waals surface area (Å²) in [6, 6.07) is 3.68. The number of rotatable bonds is 2. The minimum absolute atomic E-state index is 0.272. The predicted octanol–water partition coefficient (Wildman–Crippen LogP) is 2.52. The van der Waals surface area contributed by atoms with Gasteiger partial charge in [0.15, 0.2) is 0 Å². The number of hydrogen-bond acceptors (Lipinski definition) is 2. The van der Waals surface area contributed by atoms with Gasteiger partial charge in [-0.2, -0.15) is 0 Å². The Morgan fingerprint density at radius 2 is 2.06 bits per heavy atom. The second-order valence-electron chi connectivity index (χ2n) is 3.06. The van der Waals surface area contributed by atoms with E-state index in [1.165, 1.54) is 18.3 Å². The lowest BCUT2D eigenvalue weighted by Crippen LogP contribution is -2.16. The fourth-order valence-corrected chi connectivity index (χ4v) is 1.39. The molecule has 0 fully saturated rings. The van der Waals surface area contributed by atoms with Crippen molar-refractivity contribution in [2.24, 2.45) is 0 Å². The van der Waals surface area contributed by atoms with Crippen molar-refractivity contribution in [1.29, 1.82) is 0 Å². The van der Waals surface area contributed by atoms with E-state index in [1.807, 2.05) is 0 Å². The van der Waals surface area contributed by atoms with Gasteiger partial charge in [-0.3, -0.25) is 4.79 Å². The fourth-order valence-electron chi connectivity index (χ4n) is 1.39. The van der Waals surface area contributed by atoms with Crippen LogP contribution in [0.15, 0.2) is 24.4 Å². The molecule has 0 saturated carbocycles. The molecule has 1 aromatic carbocycles. The van der Waals surface area contributed by atoms with E-state index in [4.69, 9.17) is 0 Å². The van der Waals surface area contributed by atoms with E-state index in [2.05, 4.69) is 9.72 Å². The molecule has 16 heavy (non-hydrogen) atoms. The normalized spacial score (nSPS) is 11.7. The van der Waals surface area contributed by atoms with Crippen LogP contribution in [0, 0.1) is 0 Å². The van der Waals surface area contributed by atoms with Crippen LogP contribution in [0.2, 0.25) is 0 Å². The molecule has 2 aromatic rings. The van der Waals surface area contributed by atoms with E-state index in [-0.39, 0.29) is 11.3 Å². The number of H-pyrrole nitrogens is 1. The summed E-state index contributed by atoms with van der Waals surface area (Å²) in [7, 11) is 0. The van der Waals surface area contributed by atoms with Crippen LogP contribution in [-0.2, 0) is 4.79 Å². The first-order valence-corrected chi connectivity index (χ1v) is 4.24. The van der Waals surface area contributed by atoms with E-state index in [9.17, 15) is 18.0 Å². The van der Waals surface area contributed by atoms with Crippen LogP contribution in [0.5, 0.6) is 5.75 Å². The van der Waals surface area contributed by atoms with Crippen LogP contribution in [-0.4, -0.2) is 17.6 Å². The summed E-state index contributed by atoms with van der Waals surface area (Å²) >= 11 is 0. The zero-order valence-corrected chi connectivity index (χ0v) is 7.76. The Hall–Kier alpha value is -1.98. The Labute approximate surface area is 87.8 Å². The molecule has 0 unspecified atom stereocenters. The molecule has 2 rings (SSSR count). The quantitative estimate of drug-likeness (QED) is 0.858. The van der Waals surface area contributed by atoms with Gasteiger partial charge in [0.2, 0.25) is 6.29 Å². The van der Waals surface area contributed by atoms with Gasteiger partial charge in [0.05, 0.1) is 5.56 Å². The third kappa shape index (κ3) is 2.00. The Kier molecular flexibility index (Phi) is 2.34. The van der Waals surface area contributed by atoms with Gasteiger partial charge >= 0.3 is 6.36 Å². The van der Waals surface area contributed by atoms with Gasteiger partial charge in [-0.15, -0.1) is 13.2 Å². The van der Waals surface area contributed by atoms with Crippen molar-refractivity contribution in [2.75, 3.05) is 0 Å². The number of benzene rings is 1. The van der Waals surface area contributed by atoms with Crippen LogP contribution < -0.4 is 4.74 Å². The number of aromatic amines is 1. The number of hydrogen-bond donors (Lipinski definition) is 1. The van der Waals surface area contributed by atoms with E-state index in [1.54, 1.807) is 6.29 Å². The minimum atomic E-state index is -4.72. The number of halogens is 3. The highest BCUT2D eigenvalue weighted by Crippen LogP contribution is 2.27. The topological polar surface area (TPSA) is 42.1 Å². The van der Waals surface area contributed by atoms with Gasteiger partial charge in [-0.25, -0.2) is 0 Å². The molecule has 0 saturated heterocycles. The highest BCUT2D eigenvalue weighted by molar-refractivity contribution is 5.97. The van der Waals surface area contributed by atoms with Crippen molar-refractivity contribution < 1.29 is 22.7 Å².